The molecule has 1 atom stereocenters. The molecule has 4 nitrogen and oxygen atoms in total. The molecule has 1 unspecified atom stereocenters. The summed E-state index contributed by atoms with van der Waals surface area (Å²) in [5.41, 5.74) is -0.486. The molecule has 0 aromatic heterocycles. The average Bonchev–Trinajstić information content (AvgIpc) is 2.38. The molecule has 0 N–H and O–H groups in total. The van der Waals surface area contributed by atoms with Crippen molar-refractivity contribution in [2.24, 2.45) is 5.92 Å². The first kappa shape index (κ1) is 15.9. The highest BCUT2D eigenvalue weighted by Gasteiger charge is 2.29. The molecule has 0 amide bonds. The number of ketones is 2. The Bertz CT molecular complexity index is 540. The monoisotopic (exact) mass is 284 g/mol. The minimum atomic E-state index is -1.30. The van der Waals surface area contributed by atoms with Crippen LogP contribution in [0.3, 0.4) is 0 Å². The molecule has 1 rings (SSSR count). The van der Waals surface area contributed by atoms with Gasteiger partial charge in [-0.05, 0) is 26.0 Å². The summed E-state index contributed by atoms with van der Waals surface area (Å²) in [6, 6.07) is 3.15. The molecule has 0 saturated heterocycles. The molecule has 1 aromatic carbocycles. The van der Waals surface area contributed by atoms with Crippen molar-refractivity contribution in [1.29, 1.82) is 0 Å². The van der Waals surface area contributed by atoms with Gasteiger partial charge in [0.05, 0.1) is 12.2 Å². The van der Waals surface area contributed by atoms with E-state index >= 15 is 0 Å². The Morgan fingerprint density at radius 1 is 1.25 bits per heavy atom. The Hall–Kier alpha value is -2.11. The van der Waals surface area contributed by atoms with E-state index in [9.17, 15) is 23.2 Å². The Labute approximate surface area is 114 Å². The second-order valence-electron chi connectivity index (χ2n) is 4.14. The smallest absolute Gasteiger partial charge is 0.316 e. The highest BCUT2D eigenvalue weighted by molar-refractivity contribution is 6.05. The van der Waals surface area contributed by atoms with Crippen molar-refractivity contribution in [3.8, 4) is 0 Å². The first-order valence-electron chi connectivity index (χ1n) is 6.02. The van der Waals surface area contributed by atoms with Gasteiger partial charge in [-0.25, -0.2) is 8.78 Å². The molecule has 0 heterocycles. The lowest BCUT2D eigenvalue weighted by molar-refractivity contribution is -0.151. The fraction of sp³-hybridized carbons (Fsp3) is 0.357. The zero-order valence-corrected chi connectivity index (χ0v) is 11.1. The van der Waals surface area contributed by atoms with Crippen molar-refractivity contribution in [3.63, 3.8) is 0 Å². The van der Waals surface area contributed by atoms with Gasteiger partial charge in [-0.2, -0.15) is 0 Å². The van der Waals surface area contributed by atoms with E-state index in [1.165, 1.54) is 6.07 Å². The third kappa shape index (κ3) is 3.69. The molecule has 0 bridgehead atoms. The van der Waals surface area contributed by atoms with Crippen molar-refractivity contribution in [1.82, 2.24) is 0 Å². The minimum absolute atomic E-state index is 0.0606. The molecule has 0 aliphatic carbocycles. The van der Waals surface area contributed by atoms with Crippen molar-refractivity contribution in [2.45, 2.75) is 20.3 Å². The Balaban J connectivity index is 2.94. The van der Waals surface area contributed by atoms with Crippen LogP contribution in [0.4, 0.5) is 8.78 Å². The average molecular weight is 284 g/mol. The van der Waals surface area contributed by atoms with Crippen molar-refractivity contribution in [3.05, 3.63) is 35.4 Å². The number of ether oxygens (including phenoxy) is 1. The number of halogens is 2. The van der Waals surface area contributed by atoms with E-state index in [0.717, 1.165) is 19.1 Å². The summed E-state index contributed by atoms with van der Waals surface area (Å²) in [5.74, 6) is -5.98. The van der Waals surface area contributed by atoms with Crippen molar-refractivity contribution >= 4 is 17.5 Å². The van der Waals surface area contributed by atoms with Gasteiger partial charge in [0.25, 0.3) is 0 Å². The molecular weight excluding hydrogens is 270 g/mol. The largest absolute Gasteiger partial charge is 0.465 e. The van der Waals surface area contributed by atoms with E-state index in [2.05, 4.69) is 4.74 Å². The van der Waals surface area contributed by atoms with Crippen LogP contribution >= 0.6 is 0 Å². The topological polar surface area (TPSA) is 60.4 Å². The maximum Gasteiger partial charge on any atom is 0.316 e. The van der Waals surface area contributed by atoms with Crippen LogP contribution in [-0.4, -0.2) is 24.1 Å². The fourth-order valence-electron chi connectivity index (χ4n) is 1.65. The minimum Gasteiger partial charge on any atom is -0.465 e. The summed E-state index contributed by atoms with van der Waals surface area (Å²) in [6.07, 6.45) is -0.547. The molecule has 0 saturated carbocycles. The van der Waals surface area contributed by atoms with E-state index < -0.39 is 47.1 Å². The van der Waals surface area contributed by atoms with Crippen molar-refractivity contribution < 1.29 is 27.9 Å². The predicted molar refractivity (Wildman–Crippen MR) is 66.1 cm³/mol. The molecule has 0 radical (unpaired) electrons. The summed E-state index contributed by atoms with van der Waals surface area (Å²) in [5, 5.41) is 0. The quantitative estimate of drug-likeness (QED) is 0.457. The van der Waals surface area contributed by atoms with Gasteiger partial charge in [0.15, 0.2) is 17.4 Å². The number of hydrogen-bond acceptors (Lipinski definition) is 4. The lowest BCUT2D eigenvalue weighted by atomic mass is 9.95. The van der Waals surface area contributed by atoms with E-state index in [4.69, 9.17) is 0 Å². The zero-order valence-electron chi connectivity index (χ0n) is 11.1. The maximum absolute atomic E-state index is 13.5. The van der Waals surface area contributed by atoms with Gasteiger partial charge in [0.1, 0.15) is 11.7 Å². The van der Waals surface area contributed by atoms with E-state index in [1.54, 1.807) is 6.92 Å². The van der Waals surface area contributed by atoms with Gasteiger partial charge in [-0.3, -0.25) is 14.4 Å². The van der Waals surface area contributed by atoms with Gasteiger partial charge in [-0.1, -0.05) is 6.07 Å². The Kier molecular flexibility index (Phi) is 5.49. The number of hydrogen-bond donors (Lipinski definition) is 0. The Morgan fingerprint density at radius 2 is 1.90 bits per heavy atom. The molecule has 1 aromatic rings. The van der Waals surface area contributed by atoms with E-state index in [0.29, 0.717) is 0 Å². The third-order valence-corrected chi connectivity index (χ3v) is 2.70. The number of esters is 1. The second-order valence-corrected chi connectivity index (χ2v) is 4.14. The lowest BCUT2D eigenvalue weighted by Gasteiger charge is -2.12. The number of Topliss-reactive ketones (excluding diaryl/α,β-unsaturated/α-hetero) is 2. The highest BCUT2D eigenvalue weighted by Crippen LogP contribution is 2.17. The second kappa shape index (κ2) is 6.88. The van der Waals surface area contributed by atoms with Crippen LogP contribution in [-0.2, 0) is 14.3 Å². The standard InChI is InChI=1S/C14H14F2O4/c1-3-20-14(19)10(8(2)17)7-12(18)9-5-4-6-11(15)13(9)16/h4-6,10H,3,7H2,1-2H3. The first-order valence-corrected chi connectivity index (χ1v) is 6.02. The summed E-state index contributed by atoms with van der Waals surface area (Å²) < 4.78 is 31.2. The molecule has 0 spiro atoms. The van der Waals surface area contributed by atoms with Crippen LogP contribution in [0.2, 0.25) is 0 Å². The summed E-state index contributed by atoms with van der Waals surface area (Å²) in [4.78, 5) is 34.8. The summed E-state index contributed by atoms with van der Waals surface area (Å²) in [6.45, 7) is 2.76. The molecule has 20 heavy (non-hydrogen) atoms. The molecule has 0 fully saturated rings. The maximum atomic E-state index is 13.5. The summed E-state index contributed by atoms with van der Waals surface area (Å²) >= 11 is 0. The lowest BCUT2D eigenvalue weighted by Crippen LogP contribution is -2.27. The predicted octanol–water partition coefficient (Wildman–Crippen LogP) is 2.31. The van der Waals surface area contributed by atoms with Gasteiger partial charge >= 0.3 is 5.97 Å². The number of carbonyl (C=O) groups excluding carboxylic acids is 3. The first-order chi connectivity index (χ1) is 9.38. The molecular formula is C14H14F2O4. The SMILES string of the molecule is CCOC(=O)C(CC(=O)c1cccc(F)c1F)C(C)=O. The number of benzene rings is 1. The van der Waals surface area contributed by atoms with Crippen LogP contribution in [0.1, 0.15) is 30.6 Å². The van der Waals surface area contributed by atoms with Crippen LogP contribution in [0, 0.1) is 17.6 Å². The fourth-order valence-corrected chi connectivity index (χ4v) is 1.65. The molecule has 0 aliphatic rings. The number of rotatable bonds is 6. The normalized spacial score (nSPS) is 11.8. The van der Waals surface area contributed by atoms with Crippen LogP contribution < -0.4 is 0 Å². The zero-order chi connectivity index (χ0) is 15.3. The van der Waals surface area contributed by atoms with Crippen LogP contribution in [0.5, 0.6) is 0 Å². The van der Waals surface area contributed by atoms with Crippen LogP contribution in [0.15, 0.2) is 18.2 Å². The molecule has 6 heteroatoms. The van der Waals surface area contributed by atoms with Crippen LogP contribution in [0.25, 0.3) is 0 Å². The van der Waals surface area contributed by atoms with Gasteiger partial charge in [-0.15, -0.1) is 0 Å². The summed E-state index contributed by atoms with van der Waals surface area (Å²) in [7, 11) is 0. The van der Waals surface area contributed by atoms with Crippen molar-refractivity contribution in [2.75, 3.05) is 6.61 Å². The molecule has 108 valence electrons. The third-order valence-electron chi connectivity index (χ3n) is 2.70. The highest BCUT2D eigenvalue weighted by atomic mass is 19.2. The van der Waals surface area contributed by atoms with E-state index in [1.807, 2.05) is 0 Å². The number of carbonyl (C=O) groups is 3. The Morgan fingerprint density at radius 3 is 2.45 bits per heavy atom. The van der Waals surface area contributed by atoms with E-state index in [-0.39, 0.29) is 6.61 Å². The van der Waals surface area contributed by atoms with Gasteiger partial charge in [0, 0.05) is 6.42 Å². The van der Waals surface area contributed by atoms with Gasteiger partial charge < -0.3 is 4.74 Å². The van der Waals surface area contributed by atoms with Gasteiger partial charge in [0.2, 0.25) is 0 Å². The molecule has 0 aliphatic heterocycles.